The maximum atomic E-state index is 12.9. The molecule has 5 nitrogen and oxygen atoms in total. The highest BCUT2D eigenvalue weighted by molar-refractivity contribution is 6.07. The first-order valence-electron chi connectivity index (χ1n) is 8.91. The zero-order chi connectivity index (χ0) is 17.2. The molecule has 0 spiro atoms. The molecule has 2 fully saturated rings. The lowest BCUT2D eigenvalue weighted by Crippen LogP contribution is -2.52. The van der Waals surface area contributed by atoms with Crippen LogP contribution in [0, 0.1) is 0 Å². The third kappa shape index (κ3) is 3.12. The van der Waals surface area contributed by atoms with Crippen molar-refractivity contribution in [3.05, 3.63) is 48.0 Å². The van der Waals surface area contributed by atoms with Crippen molar-refractivity contribution in [2.45, 2.75) is 18.9 Å². The highest BCUT2D eigenvalue weighted by Gasteiger charge is 2.31. The summed E-state index contributed by atoms with van der Waals surface area (Å²) in [5.74, 6) is 0.121. The standard InChI is InChI=1S/C20H22N2O3/c23-19(17-8-3-6-15-5-1-2-7-16(15)17)21-10-12-22(13-11-21)20(24)18-9-4-14-25-18/h1-3,5-8,18H,4,9-14H2/t18-/m1/s1. The summed E-state index contributed by atoms with van der Waals surface area (Å²) in [5.41, 5.74) is 0.733. The number of amides is 2. The van der Waals surface area contributed by atoms with E-state index >= 15 is 0 Å². The van der Waals surface area contributed by atoms with Gasteiger partial charge in [0.25, 0.3) is 11.8 Å². The van der Waals surface area contributed by atoms with Gasteiger partial charge in [0.2, 0.25) is 0 Å². The Morgan fingerprint density at radius 2 is 1.64 bits per heavy atom. The Labute approximate surface area is 147 Å². The minimum absolute atomic E-state index is 0.0426. The molecule has 130 valence electrons. The number of carbonyl (C=O) groups is 2. The predicted octanol–water partition coefficient (Wildman–Crippen LogP) is 2.30. The average molecular weight is 338 g/mol. The molecule has 0 radical (unpaired) electrons. The van der Waals surface area contributed by atoms with Gasteiger partial charge in [-0.05, 0) is 29.7 Å². The van der Waals surface area contributed by atoms with Gasteiger partial charge in [-0.15, -0.1) is 0 Å². The van der Waals surface area contributed by atoms with E-state index in [9.17, 15) is 9.59 Å². The van der Waals surface area contributed by atoms with Crippen molar-refractivity contribution >= 4 is 22.6 Å². The van der Waals surface area contributed by atoms with Crippen LogP contribution >= 0.6 is 0 Å². The summed E-state index contributed by atoms with van der Waals surface area (Å²) in [4.78, 5) is 29.0. The number of benzene rings is 2. The highest BCUT2D eigenvalue weighted by atomic mass is 16.5. The van der Waals surface area contributed by atoms with E-state index in [4.69, 9.17) is 4.74 Å². The molecule has 0 aromatic heterocycles. The summed E-state index contributed by atoms with van der Waals surface area (Å²) in [6, 6.07) is 13.8. The van der Waals surface area contributed by atoms with Crippen LogP contribution in [-0.2, 0) is 9.53 Å². The molecule has 0 bridgehead atoms. The minimum Gasteiger partial charge on any atom is -0.368 e. The molecule has 2 aromatic carbocycles. The van der Waals surface area contributed by atoms with Gasteiger partial charge in [-0.1, -0.05) is 36.4 Å². The predicted molar refractivity (Wildman–Crippen MR) is 95.4 cm³/mol. The molecule has 0 unspecified atom stereocenters. The van der Waals surface area contributed by atoms with Crippen LogP contribution in [0.4, 0.5) is 0 Å². The van der Waals surface area contributed by atoms with Crippen LogP contribution in [0.25, 0.3) is 10.8 Å². The molecular formula is C20H22N2O3. The van der Waals surface area contributed by atoms with Gasteiger partial charge >= 0.3 is 0 Å². The van der Waals surface area contributed by atoms with Crippen LogP contribution in [0.1, 0.15) is 23.2 Å². The number of hydrogen-bond acceptors (Lipinski definition) is 3. The fraction of sp³-hybridized carbons (Fsp3) is 0.400. The largest absolute Gasteiger partial charge is 0.368 e. The third-order valence-corrected chi connectivity index (χ3v) is 5.10. The Balaban J connectivity index is 1.45. The number of hydrogen-bond donors (Lipinski definition) is 0. The molecule has 25 heavy (non-hydrogen) atoms. The minimum atomic E-state index is -0.277. The van der Waals surface area contributed by atoms with E-state index in [1.165, 1.54) is 0 Å². The van der Waals surface area contributed by atoms with Gasteiger partial charge in [0.15, 0.2) is 0 Å². The number of nitrogens with zero attached hydrogens (tertiary/aromatic N) is 2. The lowest BCUT2D eigenvalue weighted by molar-refractivity contribution is -0.142. The third-order valence-electron chi connectivity index (χ3n) is 5.10. The molecule has 2 aromatic rings. The van der Waals surface area contributed by atoms with Crippen molar-refractivity contribution in [1.29, 1.82) is 0 Å². The average Bonchev–Trinajstić information content (AvgIpc) is 3.21. The van der Waals surface area contributed by atoms with E-state index in [-0.39, 0.29) is 17.9 Å². The topological polar surface area (TPSA) is 49.9 Å². The maximum Gasteiger partial charge on any atom is 0.254 e. The number of piperazine rings is 1. The van der Waals surface area contributed by atoms with E-state index in [1.807, 2.05) is 52.3 Å². The second kappa shape index (κ2) is 6.84. The van der Waals surface area contributed by atoms with Crippen LogP contribution in [0.2, 0.25) is 0 Å². The Morgan fingerprint density at radius 3 is 2.40 bits per heavy atom. The maximum absolute atomic E-state index is 12.9. The van der Waals surface area contributed by atoms with Crippen molar-refractivity contribution in [3.8, 4) is 0 Å². The fourth-order valence-corrected chi connectivity index (χ4v) is 3.69. The monoisotopic (exact) mass is 338 g/mol. The van der Waals surface area contributed by atoms with Crippen LogP contribution in [-0.4, -0.2) is 60.5 Å². The first-order valence-corrected chi connectivity index (χ1v) is 8.91. The van der Waals surface area contributed by atoms with Gasteiger partial charge < -0.3 is 14.5 Å². The lowest BCUT2D eigenvalue weighted by atomic mass is 10.0. The Morgan fingerprint density at radius 1 is 0.920 bits per heavy atom. The highest BCUT2D eigenvalue weighted by Crippen LogP contribution is 2.21. The van der Waals surface area contributed by atoms with E-state index in [1.54, 1.807) is 0 Å². The molecule has 0 N–H and O–H groups in total. The molecule has 1 atom stereocenters. The van der Waals surface area contributed by atoms with Crippen LogP contribution < -0.4 is 0 Å². The zero-order valence-electron chi connectivity index (χ0n) is 14.2. The van der Waals surface area contributed by atoms with Crippen LogP contribution in [0.5, 0.6) is 0 Å². The Bertz CT molecular complexity index is 785. The summed E-state index contributed by atoms with van der Waals surface area (Å²) < 4.78 is 5.49. The molecule has 5 heteroatoms. The molecule has 0 saturated carbocycles. The SMILES string of the molecule is O=C(c1cccc2ccccc12)N1CCN(C(=O)[C@H]2CCCO2)CC1. The van der Waals surface area contributed by atoms with Gasteiger partial charge in [-0.25, -0.2) is 0 Å². The van der Waals surface area contributed by atoms with Crippen molar-refractivity contribution in [2.24, 2.45) is 0 Å². The summed E-state index contributed by atoms with van der Waals surface area (Å²) in [6.07, 6.45) is 1.49. The Hall–Kier alpha value is -2.40. The number of carbonyl (C=O) groups excluding carboxylic acids is 2. The van der Waals surface area contributed by atoms with Crippen LogP contribution in [0.15, 0.2) is 42.5 Å². The number of fused-ring (bicyclic) bond motifs is 1. The summed E-state index contributed by atoms with van der Waals surface area (Å²) >= 11 is 0. The summed E-state index contributed by atoms with van der Waals surface area (Å²) in [5, 5.41) is 2.05. The second-order valence-corrected chi connectivity index (χ2v) is 6.65. The summed E-state index contributed by atoms with van der Waals surface area (Å²) in [7, 11) is 0. The molecule has 2 aliphatic heterocycles. The summed E-state index contributed by atoms with van der Waals surface area (Å²) in [6.45, 7) is 2.97. The fourth-order valence-electron chi connectivity index (χ4n) is 3.69. The van der Waals surface area contributed by atoms with Gasteiger partial charge in [-0.2, -0.15) is 0 Å². The van der Waals surface area contributed by atoms with Crippen molar-refractivity contribution in [1.82, 2.24) is 9.80 Å². The smallest absolute Gasteiger partial charge is 0.254 e. The molecule has 2 saturated heterocycles. The van der Waals surface area contributed by atoms with E-state index in [0.717, 1.165) is 29.2 Å². The van der Waals surface area contributed by atoms with Gasteiger partial charge in [0.1, 0.15) is 6.10 Å². The molecule has 2 heterocycles. The molecule has 2 amide bonds. The normalized spacial score (nSPS) is 20.9. The van der Waals surface area contributed by atoms with Gasteiger partial charge in [-0.3, -0.25) is 9.59 Å². The Kier molecular flexibility index (Phi) is 4.40. The van der Waals surface area contributed by atoms with E-state index in [2.05, 4.69) is 0 Å². The van der Waals surface area contributed by atoms with Crippen molar-refractivity contribution in [3.63, 3.8) is 0 Å². The molecule has 2 aliphatic rings. The van der Waals surface area contributed by atoms with Crippen molar-refractivity contribution < 1.29 is 14.3 Å². The van der Waals surface area contributed by atoms with E-state index in [0.29, 0.717) is 32.8 Å². The quantitative estimate of drug-likeness (QED) is 0.844. The number of rotatable bonds is 2. The molecule has 4 rings (SSSR count). The first-order chi connectivity index (χ1) is 12.2. The first kappa shape index (κ1) is 16.1. The lowest BCUT2D eigenvalue weighted by Gasteiger charge is -2.36. The van der Waals surface area contributed by atoms with Crippen molar-refractivity contribution in [2.75, 3.05) is 32.8 Å². The zero-order valence-corrected chi connectivity index (χ0v) is 14.2. The molecule has 0 aliphatic carbocycles. The number of ether oxygens (including phenoxy) is 1. The van der Waals surface area contributed by atoms with E-state index < -0.39 is 0 Å². The van der Waals surface area contributed by atoms with Crippen LogP contribution in [0.3, 0.4) is 0 Å². The second-order valence-electron chi connectivity index (χ2n) is 6.65. The molecular weight excluding hydrogens is 316 g/mol. The van der Waals surface area contributed by atoms with Gasteiger partial charge in [0.05, 0.1) is 0 Å². The van der Waals surface area contributed by atoms with Gasteiger partial charge in [0, 0.05) is 38.3 Å².